The zero-order valence-corrected chi connectivity index (χ0v) is 19.4. The van der Waals surface area contributed by atoms with E-state index in [1.807, 2.05) is 6.92 Å². The number of aromatic nitrogens is 3. The number of benzene rings is 2. The van der Waals surface area contributed by atoms with Gasteiger partial charge in [-0.1, -0.05) is 21.0 Å². The fourth-order valence-corrected chi connectivity index (χ4v) is 5.59. The Labute approximate surface area is 184 Å². The highest BCUT2D eigenvalue weighted by molar-refractivity contribution is 9.11. The first kappa shape index (κ1) is 21.9. The zero-order chi connectivity index (χ0) is 21.2. The van der Waals surface area contributed by atoms with Crippen molar-refractivity contribution in [2.45, 2.75) is 31.3 Å². The van der Waals surface area contributed by atoms with Crippen LogP contribution in [0, 0.1) is 5.82 Å². The van der Waals surface area contributed by atoms with Gasteiger partial charge in [0.05, 0.1) is 10.9 Å². The number of ether oxygens (including phenoxy) is 1. The first-order valence-electron chi connectivity index (χ1n) is 8.55. The number of hydrogen-bond donors (Lipinski definition) is 1. The fourth-order valence-electron chi connectivity index (χ4n) is 2.64. The molecule has 1 atom stereocenters. The van der Waals surface area contributed by atoms with E-state index in [4.69, 9.17) is 4.74 Å². The Morgan fingerprint density at radius 2 is 1.86 bits per heavy atom. The van der Waals surface area contributed by atoms with Gasteiger partial charge in [-0.15, -0.1) is 5.10 Å². The van der Waals surface area contributed by atoms with Gasteiger partial charge in [0.2, 0.25) is 10.0 Å². The second kappa shape index (κ2) is 8.90. The molecule has 0 spiro atoms. The van der Waals surface area contributed by atoms with E-state index >= 15 is 0 Å². The quantitative estimate of drug-likeness (QED) is 0.459. The Balaban J connectivity index is 1.84. The van der Waals surface area contributed by atoms with E-state index in [0.29, 0.717) is 22.6 Å². The second-order valence-corrected chi connectivity index (χ2v) is 9.51. The smallest absolute Gasteiger partial charge is 0.322 e. The summed E-state index contributed by atoms with van der Waals surface area (Å²) in [5.74, 6) is 0.408. The molecule has 3 rings (SSSR count). The molecule has 0 saturated heterocycles. The zero-order valence-electron chi connectivity index (χ0n) is 15.4. The molecule has 1 N–H and O–H groups in total. The minimum absolute atomic E-state index is 0.109. The largest absolute Gasteiger partial charge is 0.424 e. The van der Waals surface area contributed by atoms with Crippen LogP contribution in [0.4, 0.5) is 4.39 Å². The molecule has 1 aromatic heterocycles. The minimum Gasteiger partial charge on any atom is -0.424 e. The maximum atomic E-state index is 13.1. The van der Waals surface area contributed by atoms with Crippen LogP contribution in [0.2, 0.25) is 0 Å². The van der Waals surface area contributed by atoms with Gasteiger partial charge in [-0.2, -0.15) is 0 Å². The monoisotopic (exact) mass is 546 g/mol. The summed E-state index contributed by atoms with van der Waals surface area (Å²) in [5.41, 5.74) is 0. The van der Waals surface area contributed by atoms with E-state index in [-0.39, 0.29) is 16.7 Å². The molecule has 1 heterocycles. The molecule has 0 aliphatic heterocycles. The van der Waals surface area contributed by atoms with Gasteiger partial charge in [0.15, 0.2) is 5.82 Å². The Hall–Kier alpha value is -1.82. The van der Waals surface area contributed by atoms with Crippen LogP contribution in [0.15, 0.2) is 56.3 Å². The fraction of sp³-hybridized carbons (Fsp3) is 0.222. The summed E-state index contributed by atoms with van der Waals surface area (Å²) in [6.45, 7) is 3.98. The predicted octanol–water partition coefficient (Wildman–Crippen LogP) is 4.79. The number of sulfonamides is 1. The molecular weight excluding hydrogens is 531 g/mol. The molecule has 2 aromatic carbocycles. The number of nitrogens with zero attached hydrogens (tertiary/aromatic N) is 3. The molecule has 0 aliphatic rings. The van der Waals surface area contributed by atoms with Crippen molar-refractivity contribution in [2.75, 3.05) is 0 Å². The number of nitrogens with one attached hydrogen (secondary N) is 1. The van der Waals surface area contributed by atoms with Gasteiger partial charge in [0.25, 0.3) is 0 Å². The minimum atomic E-state index is -3.82. The highest BCUT2D eigenvalue weighted by atomic mass is 79.9. The van der Waals surface area contributed by atoms with Crippen molar-refractivity contribution in [3.63, 3.8) is 0 Å². The van der Waals surface area contributed by atoms with Crippen LogP contribution < -0.4 is 9.46 Å². The van der Waals surface area contributed by atoms with Gasteiger partial charge in [-0.25, -0.2) is 17.5 Å². The third-order valence-electron chi connectivity index (χ3n) is 3.99. The maximum Gasteiger partial charge on any atom is 0.322 e. The van der Waals surface area contributed by atoms with E-state index in [2.05, 4.69) is 46.8 Å². The van der Waals surface area contributed by atoms with E-state index < -0.39 is 16.1 Å². The van der Waals surface area contributed by atoms with Gasteiger partial charge >= 0.3 is 6.01 Å². The molecule has 3 aromatic rings. The molecule has 154 valence electrons. The highest BCUT2D eigenvalue weighted by Gasteiger charge is 2.25. The normalized spacial score (nSPS) is 12.7. The SMILES string of the molecule is CCn1c(Oc2ccc(F)cc2)nnc1[C@@H](C)NS(=O)(=O)c1ccc(Br)cc1Br. The molecule has 0 saturated carbocycles. The lowest BCUT2D eigenvalue weighted by atomic mass is 10.3. The van der Waals surface area contributed by atoms with Gasteiger partial charge in [0, 0.05) is 15.5 Å². The van der Waals surface area contributed by atoms with Crippen LogP contribution in [0.3, 0.4) is 0 Å². The van der Waals surface area contributed by atoms with Crippen molar-refractivity contribution < 1.29 is 17.5 Å². The Morgan fingerprint density at radius 3 is 2.48 bits per heavy atom. The molecule has 0 radical (unpaired) electrons. The van der Waals surface area contributed by atoms with Crippen molar-refractivity contribution in [1.29, 1.82) is 0 Å². The van der Waals surface area contributed by atoms with Gasteiger partial charge < -0.3 is 4.74 Å². The summed E-state index contributed by atoms with van der Waals surface area (Å²) in [5, 5.41) is 8.09. The van der Waals surface area contributed by atoms with E-state index in [1.165, 1.54) is 30.3 Å². The number of halogens is 3. The summed E-state index contributed by atoms with van der Waals surface area (Å²) in [6, 6.07) is 9.80. The van der Waals surface area contributed by atoms with Crippen LogP contribution >= 0.6 is 31.9 Å². The molecule has 0 bridgehead atoms. The van der Waals surface area contributed by atoms with Crippen molar-refractivity contribution in [3.8, 4) is 11.8 Å². The molecular formula is C18H17Br2FN4O3S. The van der Waals surface area contributed by atoms with Crippen molar-refractivity contribution in [3.05, 3.63) is 63.1 Å². The van der Waals surface area contributed by atoms with Crippen LogP contribution in [0.1, 0.15) is 25.7 Å². The lowest BCUT2D eigenvalue weighted by molar-refractivity contribution is 0.407. The van der Waals surface area contributed by atoms with Gasteiger partial charge in [-0.05, 0) is 72.2 Å². The molecule has 7 nitrogen and oxygen atoms in total. The molecule has 0 amide bonds. The molecule has 0 fully saturated rings. The number of rotatable bonds is 7. The lowest BCUT2D eigenvalue weighted by Gasteiger charge is -2.16. The summed E-state index contributed by atoms with van der Waals surface area (Å²) in [6.07, 6.45) is 0. The molecule has 0 aliphatic carbocycles. The van der Waals surface area contributed by atoms with E-state index in [1.54, 1.807) is 23.6 Å². The van der Waals surface area contributed by atoms with Crippen LogP contribution in [0.5, 0.6) is 11.8 Å². The van der Waals surface area contributed by atoms with Crippen LogP contribution in [-0.2, 0) is 16.6 Å². The third kappa shape index (κ3) is 5.03. The van der Waals surface area contributed by atoms with Crippen molar-refractivity contribution in [2.24, 2.45) is 0 Å². The average molecular weight is 548 g/mol. The summed E-state index contributed by atoms with van der Waals surface area (Å²) < 4.78 is 49.8. The average Bonchev–Trinajstić information content (AvgIpc) is 3.05. The Morgan fingerprint density at radius 1 is 1.17 bits per heavy atom. The Bertz CT molecular complexity index is 1120. The number of hydrogen-bond acceptors (Lipinski definition) is 5. The summed E-state index contributed by atoms with van der Waals surface area (Å²) >= 11 is 6.58. The van der Waals surface area contributed by atoms with Crippen LogP contribution in [0.25, 0.3) is 0 Å². The first-order chi connectivity index (χ1) is 13.7. The van der Waals surface area contributed by atoms with Crippen LogP contribution in [-0.4, -0.2) is 23.2 Å². The molecule has 29 heavy (non-hydrogen) atoms. The van der Waals surface area contributed by atoms with Crippen molar-refractivity contribution in [1.82, 2.24) is 19.5 Å². The second-order valence-electron chi connectivity index (χ2n) is 6.06. The molecule has 11 heteroatoms. The third-order valence-corrected chi connectivity index (χ3v) is 7.00. The van der Waals surface area contributed by atoms with Gasteiger partial charge in [-0.3, -0.25) is 4.57 Å². The van der Waals surface area contributed by atoms with E-state index in [0.717, 1.165) is 4.47 Å². The standard InChI is InChI=1S/C18H17Br2FN4O3S/c1-3-25-17(22-23-18(25)28-14-7-5-13(21)6-8-14)11(2)24-29(26,27)16-9-4-12(19)10-15(16)20/h4-11,24H,3H2,1-2H3/t11-/m1/s1. The molecule has 0 unspecified atom stereocenters. The highest BCUT2D eigenvalue weighted by Crippen LogP contribution is 2.28. The Kier molecular flexibility index (Phi) is 6.72. The van der Waals surface area contributed by atoms with Gasteiger partial charge in [0.1, 0.15) is 11.6 Å². The predicted molar refractivity (Wildman–Crippen MR) is 113 cm³/mol. The topological polar surface area (TPSA) is 86.1 Å². The summed E-state index contributed by atoms with van der Waals surface area (Å²) in [4.78, 5) is 0.109. The first-order valence-corrected chi connectivity index (χ1v) is 11.6. The lowest BCUT2D eigenvalue weighted by Crippen LogP contribution is -2.29. The maximum absolute atomic E-state index is 13.1. The van der Waals surface area contributed by atoms with Crippen molar-refractivity contribution >= 4 is 41.9 Å². The van der Waals surface area contributed by atoms with E-state index in [9.17, 15) is 12.8 Å². The summed E-state index contributed by atoms with van der Waals surface area (Å²) in [7, 11) is -3.82.